The maximum Gasteiger partial charge on any atom is 0.212 e. The number of carbonyl (C=O) groups excluding carboxylic acids is 1. The van der Waals surface area contributed by atoms with Crippen molar-refractivity contribution in [3.05, 3.63) is 29.8 Å². The second-order valence-corrected chi connectivity index (χ2v) is 2.55. The fourth-order valence-electron chi connectivity index (χ4n) is 0.944. The predicted octanol–water partition coefficient (Wildman–Crippen LogP) is 1.74. The largest absolute Gasteiger partial charge is 0.303 e. The molecule has 0 unspecified atom stereocenters. The first-order chi connectivity index (χ1) is 5.83. The SMILES string of the molecule is O=CCCCc1ccc(F)nc1. The van der Waals surface area contributed by atoms with Gasteiger partial charge in [0.2, 0.25) is 5.95 Å². The Morgan fingerprint density at radius 1 is 1.50 bits per heavy atom. The van der Waals surface area contributed by atoms with Crippen LogP contribution in [0.3, 0.4) is 0 Å². The van der Waals surface area contributed by atoms with Crippen molar-refractivity contribution in [3.8, 4) is 0 Å². The molecule has 0 aliphatic carbocycles. The van der Waals surface area contributed by atoms with Crippen molar-refractivity contribution in [2.24, 2.45) is 0 Å². The van der Waals surface area contributed by atoms with Gasteiger partial charge in [-0.2, -0.15) is 4.39 Å². The number of halogens is 1. The van der Waals surface area contributed by atoms with Crippen LogP contribution < -0.4 is 0 Å². The maximum absolute atomic E-state index is 12.3. The van der Waals surface area contributed by atoms with Crippen LogP contribution in [0.4, 0.5) is 4.39 Å². The van der Waals surface area contributed by atoms with E-state index >= 15 is 0 Å². The zero-order chi connectivity index (χ0) is 8.81. The maximum atomic E-state index is 12.3. The molecule has 0 amide bonds. The molecular formula is C9H10FNO. The second-order valence-electron chi connectivity index (χ2n) is 2.55. The van der Waals surface area contributed by atoms with E-state index in [2.05, 4.69) is 4.98 Å². The smallest absolute Gasteiger partial charge is 0.212 e. The number of nitrogens with zero attached hydrogens (tertiary/aromatic N) is 1. The van der Waals surface area contributed by atoms with Crippen molar-refractivity contribution in [1.29, 1.82) is 0 Å². The second kappa shape index (κ2) is 4.59. The lowest BCUT2D eigenvalue weighted by Crippen LogP contribution is -1.89. The minimum absolute atomic E-state index is 0.464. The van der Waals surface area contributed by atoms with Gasteiger partial charge in [0.1, 0.15) is 6.29 Å². The van der Waals surface area contributed by atoms with Gasteiger partial charge in [0, 0.05) is 12.6 Å². The minimum Gasteiger partial charge on any atom is -0.303 e. The Labute approximate surface area is 70.4 Å². The number of aryl methyl sites for hydroxylation is 1. The number of aldehydes is 1. The molecule has 1 aromatic heterocycles. The predicted molar refractivity (Wildman–Crippen MR) is 43.2 cm³/mol. The van der Waals surface area contributed by atoms with Crippen molar-refractivity contribution in [1.82, 2.24) is 4.98 Å². The number of unbranched alkanes of at least 4 members (excludes halogenated alkanes) is 1. The summed E-state index contributed by atoms with van der Waals surface area (Å²) < 4.78 is 12.3. The van der Waals surface area contributed by atoms with Crippen LogP contribution in [0.1, 0.15) is 18.4 Å². The molecule has 12 heavy (non-hydrogen) atoms. The topological polar surface area (TPSA) is 30.0 Å². The van der Waals surface area contributed by atoms with Crippen molar-refractivity contribution >= 4 is 6.29 Å². The Hall–Kier alpha value is -1.25. The number of hydrogen-bond donors (Lipinski definition) is 0. The van der Waals surface area contributed by atoms with E-state index in [1.54, 1.807) is 6.07 Å². The van der Waals surface area contributed by atoms with Gasteiger partial charge in [-0.05, 0) is 24.5 Å². The standard InChI is InChI=1S/C9H10FNO/c10-9-5-4-8(7-11-9)3-1-2-6-12/h4-7H,1-3H2. The Morgan fingerprint density at radius 3 is 2.92 bits per heavy atom. The average molecular weight is 167 g/mol. The van der Waals surface area contributed by atoms with Gasteiger partial charge in [0.25, 0.3) is 0 Å². The third-order valence-corrected chi connectivity index (χ3v) is 1.58. The molecule has 0 bridgehead atoms. The summed E-state index contributed by atoms with van der Waals surface area (Å²) in [5.74, 6) is -0.464. The molecule has 0 fully saturated rings. The first-order valence-electron chi connectivity index (χ1n) is 3.87. The van der Waals surface area contributed by atoms with Crippen LogP contribution in [0, 0.1) is 5.95 Å². The van der Waals surface area contributed by atoms with Gasteiger partial charge in [0.05, 0.1) is 0 Å². The van der Waals surface area contributed by atoms with Crippen LogP contribution in [-0.2, 0) is 11.2 Å². The average Bonchev–Trinajstić information content (AvgIpc) is 2.09. The van der Waals surface area contributed by atoms with Gasteiger partial charge >= 0.3 is 0 Å². The summed E-state index contributed by atoms with van der Waals surface area (Å²) in [6, 6.07) is 3.02. The van der Waals surface area contributed by atoms with Crippen LogP contribution in [0.2, 0.25) is 0 Å². The highest BCUT2D eigenvalue weighted by Gasteiger charge is 1.94. The number of carbonyl (C=O) groups is 1. The highest BCUT2D eigenvalue weighted by atomic mass is 19.1. The molecular weight excluding hydrogens is 157 g/mol. The van der Waals surface area contributed by atoms with E-state index in [4.69, 9.17) is 0 Å². The Bertz CT molecular complexity index is 245. The van der Waals surface area contributed by atoms with Crippen molar-refractivity contribution < 1.29 is 9.18 Å². The van der Waals surface area contributed by atoms with Crippen LogP contribution in [0.25, 0.3) is 0 Å². The molecule has 0 saturated heterocycles. The van der Waals surface area contributed by atoms with Gasteiger partial charge in [0.15, 0.2) is 0 Å². The molecule has 2 nitrogen and oxygen atoms in total. The first-order valence-corrected chi connectivity index (χ1v) is 3.87. The quantitative estimate of drug-likeness (QED) is 0.388. The van der Waals surface area contributed by atoms with E-state index in [0.717, 1.165) is 24.7 Å². The first kappa shape index (κ1) is 8.84. The van der Waals surface area contributed by atoms with Gasteiger partial charge in [-0.1, -0.05) is 6.07 Å². The van der Waals surface area contributed by atoms with Crippen LogP contribution in [-0.4, -0.2) is 11.3 Å². The summed E-state index contributed by atoms with van der Waals surface area (Å²) in [7, 11) is 0. The van der Waals surface area contributed by atoms with Crippen molar-refractivity contribution in [2.45, 2.75) is 19.3 Å². The Kier molecular flexibility index (Phi) is 3.38. The molecule has 1 heterocycles. The van der Waals surface area contributed by atoms with Crippen LogP contribution >= 0.6 is 0 Å². The molecule has 0 aliphatic heterocycles. The zero-order valence-corrected chi connectivity index (χ0v) is 6.66. The summed E-state index contributed by atoms with van der Waals surface area (Å²) >= 11 is 0. The zero-order valence-electron chi connectivity index (χ0n) is 6.66. The van der Waals surface area contributed by atoms with Crippen LogP contribution in [0.5, 0.6) is 0 Å². The van der Waals surface area contributed by atoms with E-state index in [0.29, 0.717) is 6.42 Å². The molecule has 0 spiro atoms. The highest BCUT2D eigenvalue weighted by Crippen LogP contribution is 2.03. The van der Waals surface area contributed by atoms with E-state index in [1.165, 1.54) is 12.3 Å². The number of hydrogen-bond acceptors (Lipinski definition) is 2. The lowest BCUT2D eigenvalue weighted by molar-refractivity contribution is -0.107. The Morgan fingerprint density at radius 2 is 2.33 bits per heavy atom. The summed E-state index contributed by atoms with van der Waals surface area (Å²) in [5, 5.41) is 0. The van der Waals surface area contributed by atoms with Crippen LogP contribution in [0.15, 0.2) is 18.3 Å². The molecule has 0 aliphatic rings. The molecule has 0 N–H and O–H groups in total. The third kappa shape index (κ3) is 2.78. The summed E-state index contributed by atoms with van der Waals surface area (Å²) in [6.07, 6.45) is 4.53. The monoisotopic (exact) mass is 167 g/mol. The molecule has 3 heteroatoms. The normalized spacial score (nSPS) is 9.75. The van der Waals surface area contributed by atoms with Crippen molar-refractivity contribution in [2.75, 3.05) is 0 Å². The molecule has 1 aromatic rings. The molecule has 0 radical (unpaired) electrons. The van der Waals surface area contributed by atoms with Gasteiger partial charge in [-0.3, -0.25) is 0 Å². The Balaban J connectivity index is 2.42. The lowest BCUT2D eigenvalue weighted by atomic mass is 10.1. The number of rotatable bonds is 4. The molecule has 0 atom stereocenters. The highest BCUT2D eigenvalue weighted by molar-refractivity contribution is 5.49. The molecule has 0 saturated carbocycles. The number of aromatic nitrogens is 1. The van der Waals surface area contributed by atoms with E-state index in [1.807, 2.05) is 0 Å². The fourth-order valence-corrected chi connectivity index (χ4v) is 0.944. The van der Waals surface area contributed by atoms with E-state index in [9.17, 15) is 9.18 Å². The van der Waals surface area contributed by atoms with Gasteiger partial charge in [-0.15, -0.1) is 0 Å². The van der Waals surface area contributed by atoms with E-state index in [-0.39, 0.29) is 0 Å². The fraction of sp³-hybridized carbons (Fsp3) is 0.333. The van der Waals surface area contributed by atoms with Gasteiger partial charge < -0.3 is 4.79 Å². The minimum atomic E-state index is -0.464. The lowest BCUT2D eigenvalue weighted by Gasteiger charge is -1.96. The molecule has 1 rings (SSSR count). The molecule has 0 aromatic carbocycles. The van der Waals surface area contributed by atoms with Gasteiger partial charge in [-0.25, -0.2) is 4.98 Å². The summed E-state index contributed by atoms with van der Waals surface area (Å²) in [4.78, 5) is 13.5. The molecule has 64 valence electrons. The third-order valence-electron chi connectivity index (χ3n) is 1.58. The summed E-state index contributed by atoms with van der Waals surface area (Å²) in [6.45, 7) is 0. The van der Waals surface area contributed by atoms with E-state index < -0.39 is 5.95 Å². The van der Waals surface area contributed by atoms with Crippen molar-refractivity contribution in [3.63, 3.8) is 0 Å². The number of pyridine rings is 1. The summed E-state index contributed by atoms with van der Waals surface area (Å²) in [5.41, 5.74) is 0.971.